The number of nitrogens with zero attached hydrogens (tertiary/aromatic N) is 3. The van der Waals surface area contributed by atoms with E-state index >= 15 is 0 Å². The van der Waals surface area contributed by atoms with Gasteiger partial charge in [-0.05, 0) is 114 Å². The second-order valence-corrected chi connectivity index (χ2v) is 16.2. The van der Waals surface area contributed by atoms with Crippen molar-refractivity contribution < 1.29 is 9.15 Å². The molecule has 0 spiro atoms. The minimum Gasteiger partial charge on any atom is -0.455 e. The highest BCUT2D eigenvalue weighted by Gasteiger charge is 2.28. The van der Waals surface area contributed by atoms with Crippen molar-refractivity contribution in [1.29, 1.82) is 0 Å². The molecule has 1 aliphatic rings. The molecule has 0 atom stereocenters. The maximum atomic E-state index is 6.53. The van der Waals surface area contributed by atoms with Crippen molar-refractivity contribution in [3.05, 3.63) is 249 Å². The third kappa shape index (κ3) is 6.93. The lowest BCUT2D eigenvalue weighted by Gasteiger charge is -2.35. The topological polar surface area (TPSA) is 32.1 Å². The van der Waals surface area contributed by atoms with Gasteiger partial charge in [0.15, 0.2) is 11.5 Å². The lowest BCUT2D eigenvalue weighted by atomic mass is 10.0. The van der Waals surface area contributed by atoms with Crippen molar-refractivity contribution in [2.75, 3.05) is 14.7 Å². The van der Waals surface area contributed by atoms with Crippen LogP contribution in [-0.2, 0) is 0 Å². The molecule has 11 aromatic rings. The fourth-order valence-corrected chi connectivity index (χ4v) is 9.20. The van der Waals surface area contributed by atoms with Gasteiger partial charge in [0.25, 0.3) is 0 Å². The van der Waals surface area contributed by atoms with E-state index in [-0.39, 0.29) is 0 Å². The zero-order chi connectivity index (χ0) is 43.1. The van der Waals surface area contributed by atoms with Crippen LogP contribution in [0.2, 0.25) is 0 Å². The van der Waals surface area contributed by atoms with E-state index < -0.39 is 0 Å². The molecule has 10 aromatic carbocycles. The monoisotopic (exact) mass is 835 g/mol. The van der Waals surface area contributed by atoms with Crippen molar-refractivity contribution in [3.8, 4) is 33.8 Å². The molecule has 1 aromatic heterocycles. The molecule has 0 saturated heterocycles. The summed E-state index contributed by atoms with van der Waals surface area (Å²) in [4.78, 5) is 7.02. The van der Waals surface area contributed by atoms with Crippen LogP contribution in [-0.4, -0.2) is 0 Å². The summed E-state index contributed by atoms with van der Waals surface area (Å²) in [5, 5.41) is 2.23. The molecular weight excluding hydrogens is 795 g/mol. The van der Waals surface area contributed by atoms with E-state index in [1.807, 2.05) is 36.4 Å². The highest BCUT2D eigenvalue weighted by Crippen LogP contribution is 2.53. The Morgan fingerprint density at radius 3 is 1.38 bits per heavy atom. The molecule has 0 bridgehead atoms. The van der Waals surface area contributed by atoms with E-state index in [0.29, 0.717) is 0 Å². The van der Waals surface area contributed by atoms with Crippen LogP contribution >= 0.6 is 0 Å². The first kappa shape index (κ1) is 37.9. The van der Waals surface area contributed by atoms with Crippen LogP contribution in [0.1, 0.15) is 0 Å². The molecule has 0 fully saturated rings. The molecule has 0 aliphatic carbocycles. The predicted octanol–water partition coefficient (Wildman–Crippen LogP) is 17.4. The van der Waals surface area contributed by atoms with Crippen molar-refractivity contribution in [2.45, 2.75) is 0 Å². The first-order valence-electron chi connectivity index (χ1n) is 21.9. The third-order valence-corrected chi connectivity index (χ3v) is 12.2. The van der Waals surface area contributed by atoms with Crippen LogP contribution in [0.3, 0.4) is 0 Å². The molecule has 2 heterocycles. The van der Waals surface area contributed by atoms with Gasteiger partial charge in [-0.25, -0.2) is 0 Å². The van der Waals surface area contributed by atoms with Gasteiger partial charge in [-0.15, -0.1) is 0 Å². The quantitative estimate of drug-likeness (QED) is 0.145. The number of hydrogen-bond donors (Lipinski definition) is 0. The summed E-state index contributed by atoms with van der Waals surface area (Å²) < 4.78 is 13.0. The molecule has 308 valence electrons. The Morgan fingerprint density at radius 1 is 0.323 bits per heavy atom. The smallest absolute Gasteiger partial charge is 0.151 e. The Bertz CT molecular complexity index is 3370. The minimum atomic E-state index is 0.796. The first-order chi connectivity index (χ1) is 32.2. The Morgan fingerprint density at radius 2 is 0.785 bits per heavy atom. The lowest BCUT2D eigenvalue weighted by Crippen LogP contribution is -2.18. The number of para-hydroxylation sites is 8. The van der Waals surface area contributed by atoms with Gasteiger partial charge in [-0.1, -0.05) is 152 Å². The molecule has 0 radical (unpaired) electrons. The summed E-state index contributed by atoms with van der Waals surface area (Å²) in [6.07, 6.45) is 0. The maximum absolute atomic E-state index is 6.53. The molecule has 65 heavy (non-hydrogen) atoms. The number of benzene rings is 10. The number of ether oxygens (including phenoxy) is 1. The van der Waals surface area contributed by atoms with E-state index in [4.69, 9.17) is 9.15 Å². The van der Waals surface area contributed by atoms with Crippen LogP contribution in [0, 0.1) is 0 Å². The van der Waals surface area contributed by atoms with Crippen LogP contribution in [0.4, 0.5) is 51.2 Å². The molecule has 0 amide bonds. The number of anilines is 9. The fraction of sp³-hybridized carbons (Fsp3) is 0. The maximum Gasteiger partial charge on any atom is 0.151 e. The van der Waals surface area contributed by atoms with Crippen molar-refractivity contribution in [3.63, 3.8) is 0 Å². The van der Waals surface area contributed by atoms with E-state index in [9.17, 15) is 0 Å². The molecular formula is C60H41N3O2. The van der Waals surface area contributed by atoms with Gasteiger partial charge in [-0.3, -0.25) is 0 Å². The normalized spacial score (nSPS) is 11.8. The Labute approximate surface area is 377 Å². The molecule has 0 saturated carbocycles. The molecule has 0 N–H and O–H groups in total. The van der Waals surface area contributed by atoms with E-state index in [0.717, 1.165) is 101 Å². The van der Waals surface area contributed by atoms with Crippen LogP contribution in [0.25, 0.3) is 44.2 Å². The Kier molecular flexibility index (Phi) is 9.42. The number of hydrogen-bond acceptors (Lipinski definition) is 5. The van der Waals surface area contributed by atoms with E-state index in [1.54, 1.807) is 0 Å². The summed E-state index contributed by atoms with van der Waals surface area (Å²) in [7, 11) is 0. The molecule has 1 aliphatic heterocycles. The average molecular weight is 836 g/mol. The summed E-state index contributed by atoms with van der Waals surface area (Å²) in [6.45, 7) is 0. The Balaban J connectivity index is 1.08. The zero-order valence-corrected chi connectivity index (χ0v) is 35.3. The first-order valence-corrected chi connectivity index (χ1v) is 21.9. The molecule has 5 heteroatoms. The van der Waals surface area contributed by atoms with Crippen LogP contribution < -0.4 is 19.4 Å². The Hall–Kier alpha value is -8.80. The average Bonchev–Trinajstić information content (AvgIpc) is 3.76. The van der Waals surface area contributed by atoms with Crippen molar-refractivity contribution in [1.82, 2.24) is 0 Å². The van der Waals surface area contributed by atoms with E-state index in [2.05, 4.69) is 227 Å². The van der Waals surface area contributed by atoms with Crippen molar-refractivity contribution in [2.24, 2.45) is 0 Å². The largest absolute Gasteiger partial charge is 0.455 e. The number of rotatable bonds is 9. The highest BCUT2D eigenvalue weighted by atomic mass is 16.5. The summed E-state index contributed by atoms with van der Waals surface area (Å²) >= 11 is 0. The highest BCUT2D eigenvalue weighted by molar-refractivity contribution is 6.09. The van der Waals surface area contributed by atoms with E-state index in [1.165, 1.54) is 5.56 Å². The van der Waals surface area contributed by atoms with Gasteiger partial charge in [0, 0.05) is 39.1 Å². The van der Waals surface area contributed by atoms with Crippen LogP contribution in [0.5, 0.6) is 11.5 Å². The summed E-state index contributed by atoms with van der Waals surface area (Å²) in [5.74, 6) is 1.59. The molecule has 12 rings (SSSR count). The SMILES string of the molecule is c1ccc(-c2ccc(N(c3ccc(-c4cccc5c4oc4ccccc45)cc3)c3cc(N(c4ccccc4)c4ccccc4)cc(N4c5ccccc5Oc5ccccc54)c3)cc2)cc1. The number of furan rings is 1. The van der Waals surface area contributed by atoms with Gasteiger partial charge < -0.3 is 23.9 Å². The number of fused-ring (bicyclic) bond motifs is 5. The third-order valence-electron chi connectivity index (χ3n) is 12.2. The molecule has 5 nitrogen and oxygen atoms in total. The van der Waals surface area contributed by atoms with Gasteiger partial charge in [-0.2, -0.15) is 0 Å². The predicted molar refractivity (Wildman–Crippen MR) is 269 cm³/mol. The van der Waals surface area contributed by atoms with Gasteiger partial charge >= 0.3 is 0 Å². The van der Waals surface area contributed by atoms with Crippen LogP contribution in [0.15, 0.2) is 253 Å². The lowest BCUT2D eigenvalue weighted by molar-refractivity contribution is 0.477. The summed E-state index contributed by atoms with van der Waals surface area (Å²) in [6, 6.07) is 87.6. The van der Waals surface area contributed by atoms with Crippen molar-refractivity contribution >= 4 is 73.1 Å². The zero-order valence-electron chi connectivity index (χ0n) is 35.3. The van der Waals surface area contributed by atoms with Gasteiger partial charge in [0.2, 0.25) is 0 Å². The summed E-state index contributed by atoms with van der Waals surface area (Å²) in [5.41, 5.74) is 15.2. The van der Waals surface area contributed by atoms with Gasteiger partial charge in [0.05, 0.1) is 28.4 Å². The molecule has 0 unspecified atom stereocenters. The second kappa shape index (κ2) is 16.2. The standard InChI is InChI=1S/C60H41N3O2/c1-4-17-42(18-5-1)43-31-35-47(36-32-43)62(48-37-33-44(34-38-48)52-24-16-25-54-53-23-10-13-28-57(53)65-60(52)54)50-39-49(61(45-19-6-2-7-20-45)46-21-8-3-9-22-46)40-51(41-50)63-55-26-11-14-29-58(55)64-59-30-15-12-27-56(59)63/h1-41H. The second-order valence-electron chi connectivity index (χ2n) is 16.2. The fourth-order valence-electron chi connectivity index (χ4n) is 9.20. The minimum absolute atomic E-state index is 0.796. The van der Waals surface area contributed by atoms with Gasteiger partial charge in [0.1, 0.15) is 11.2 Å².